The molecule has 0 bridgehead atoms. The van der Waals surface area contributed by atoms with Gasteiger partial charge in [-0.05, 0) is 56.8 Å². The number of amides is 1. The second-order valence-corrected chi connectivity index (χ2v) is 9.43. The number of carbonyl (C=O) groups is 2. The number of nitrogens with one attached hydrogen (secondary N) is 4. The molecule has 2 heterocycles. The van der Waals surface area contributed by atoms with Gasteiger partial charge < -0.3 is 15.4 Å². The number of aryl methyl sites for hydroxylation is 3. The minimum Gasteiger partial charge on any atom is -0.465 e. The van der Waals surface area contributed by atoms with Crippen LogP contribution in [0.5, 0.6) is 0 Å². The Labute approximate surface area is 189 Å². The van der Waals surface area contributed by atoms with Gasteiger partial charge in [0.25, 0.3) is 0 Å². The van der Waals surface area contributed by atoms with Crippen molar-refractivity contribution in [3.8, 4) is 0 Å². The molecular formula is C20H26N6O3S2. The Morgan fingerprint density at radius 2 is 2.10 bits per heavy atom. The zero-order chi connectivity index (χ0) is 22.1. The first kappa shape index (κ1) is 21.6. The van der Waals surface area contributed by atoms with Gasteiger partial charge in [0.15, 0.2) is 5.11 Å². The molecule has 2 aromatic heterocycles. The normalized spacial score (nSPS) is 17.5. The Balaban J connectivity index is 1.42. The molecule has 1 fully saturated rings. The highest BCUT2D eigenvalue weighted by Crippen LogP contribution is 2.40. The van der Waals surface area contributed by atoms with Gasteiger partial charge in [0.05, 0.1) is 18.4 Å². The Kier molecular flexibility index (Phi) is 6.15. The van der Waals surface area contributed by atoms with Gasteiger partial charge in [-0.25, -0.2) is 4.79 Å². The zero-order valence-electron chi connectivity index (χ0n) is 17.7. The van der Waals surface area contributed by atoms with Crippen molar-refractivity contribution in [2.45, 2.75) is 45.1 Å². The van der Waals surface area contributed by atoms with Crippen molar-refractivity contribution in [2.24, 2.45) is 13.0 Å². The largest absolute Gasteiger partial charge is 0.465 e. The van der Waals surface area contributed by atoms with Crippen LogP contribution < -0.4 is 21.5 Å². The molecule has 0 radical (unpaired) electrons. The molecule has 9 nitrogen and oxygen atoms in total. The maximum Gasteiger partial charge on any atom is 0.341 e. The summed E-state index contributed by atoms with van der Waals surface area (Å²) in [6.07, 6.45) is 4.12. The van der Waals surface area contributed by atoms with E-state index in [9.17, 15) is 9.59 Å². The fourth-order valence-corrected chi connectivity index (χ4v) is 5.20. The molecule has 0 spiro atoms. The Morgan fingerprint density at radius 1 is 1.32 bits per heavy atom. The Hall–Kier alpha value is -2.66. The van der Waals surface area contributed by atoms with Gasteiger partial charge in [-0.3, -0.25) is 20.3 Å². The molecule has 4 rings (SSSR count). The molecule has 0 aliphatic heterocycles. The predicted molar refractivity (Wildman–Crippen MR) is 123 cm³/mol. The number of fused-ring (bicyclic) bond motifs is 1. The number of aromatic nitrogens is 2. The monoisotopic (exact) mass is 462 g/mol. The summed E-state index contributed by atoms with van der Waals surface area (Å²) < 4.78 is 6.74. The summed E-state index contributed by atoms with van der Waals surface area (Å²) in [5.41, 5.74) is 8.36. The third kappa shape index (κ3) is 4.82. The molecule has 0 saturated heterocycles. The summed E-state index contributed by atoms with van der Waals surface area (Å²) in [7, 11) is 3.21. The molecule has 31 heavy (non-hydrogen) atoms. The lowest BCUT2D eigenvalue weighted by Gasteiger charge is -2.25. The highest BCUT2D eigenvalue weighted by Gasteiger charge is 2.34. The SMILES string of the molecule is COC(=O)c1c(NC(=O)C2CC2)sc2c1CC(NC(=S)NNc1cc(C)nn1C)CC2. The number of carbonyl (C=O) groups excluding carboxylic acids is 2. The van der Waals surface area contributed by atoms with Gasteiger partial charge in [-0.2, -0.15) is 5.10 Å². The third-order valence-electron chi connectivity index (χ3n) is 5.48. The van der Waals surface area contributed by atoms with E-state index in [1.165, 1.54) is 18.4 Å². The third-order valence-corrected chi connectivity index (χ3v) is 6.90. The molecule has 11 heteroatoms. The van der Waals surface area contributed by atoms with E-state index < -0.39 is 5.97 Å². The van der Waals surface area contributed by atoms with Crippen LogP contribution in [0.25, 0.3) is 0 Å². The molecule has 1 saturated carbocycles. The topological polar surface area (TPSA) is 109 Å². The second kappa shape index (κ2) is 8.83. The van der Waals surface area contributed by atoms with Gasteiger partial charge in [0.1, 0.15) is 10.8 Å². The number of nitrogens with zero attached hydrogens (tertiary/aromatic N) is 2. The van der Waals surface area contributed by atoms with E-state index in [0.29, 0.717) is 22.1 Å². The van der Waals surface area contributed by atoms with Crippen molar-refractivity contribution in [1.29, 1.82) is 0 Å². The lowest BCUT2D eigenvalue weighted by atomic mass is 9.91. The van der Waals surface area contributed by atoms with Crippen molar-refractivity contribution in [3.05, 3.63) is 27.8 Å². The Bertz CT molecular complexity index is 1030. The van der Waals surface area contributed by atoms with Crippen molar-refractivity contribution in [2.75, 3.05) is 17.9 Å². The van der Waals surface area contributed by atoms with E-state index >= 15 is 0 Å². The molecule has 1 unspecified atom stereocenters. The molecule has 2 aliphatic carbocycles. The molecule has 166 valence electrons. The molecule has 2 aliphatic rings. The van der Waals surface area contributed by atoms with Crippen LogP contribution in [0.4, 0.5) is 10.8 Å². The van der Waals surface area contributed by atoms with E-state index in [1.54, 1.807) is 4.68 Å². The van der Waals surface area contributed by atoms with Gasteiger partial charge >= 0.3 is 5.97 Å². The number of methoxy groups -OCH3 is 1. The molecule has 0 aromatic carbocycles. The van der Waals surface area contributed by atoms with E-state index in [2.05, 4.69) is 26.6 Å². The van der Waals surface area contributed by atoms with Gasteiger partial charge in [0.2, 0.25) is 5.91 Å². The average molecular weight is 463 g/mol. The maximum atomic E-state index is 12.5. The van der Waals surface area contributed by atoms with E-state index in [-0.39, 0.29) is 17.9 Å². The van der Waals surface area contributed by atoms with Crippen LogP contribution >= 0.6 is 23.6 Å². The summed E-state index contributed by atoms with van der Waals surface area (Å²) >= 11 is 6.91. The highest BCUT2D eigenvalue weighted by atomic mass is 32.1. The number of hydrazine groups is 1. The summed E-state index contributed by atoms with van der Waals surface area (Å²) in [5, 5.41) is 11.6. The number of rotatable bonds is 6. The highest BCUT2D eigenvalue weighted by molar-refractivity contribution is 7.80. The number of esters is 1. The van der Waals surface area contributed by atoms with Crippen LogP contribution in [0.3, 0.4) is 0 Å². The van der Waals surface area contributed by atoms with Crippen LogP contribution in [0, 0.1) is 12.8 Å². The lowest BCUT2D eigenvalue weighted by Crippen LogP contribution is -2.46. The lowest BCUT2D eigenvalue weighted by molar-refractivity contribution is -0.117. The van der Waals surface area contributed by atoms with Crippen molar-refractivity contribution < 1.29 is 14.3 Å². The number of ether oxygens (including phenoxy) is 1. The maximum absolute atomic E-state index is 12.5. The number of hydrogen-bond donors (Lipinski definition) is 4. The number of hydrogen-bond acceptors (Lipinski definition) is 7. The summed E-state index contributed by atoms with van der Waals surface area (Å²) in [4.78, 5) is 25.9. The van der Waals surface area contributed by atoms with Crippen LogP contribution in [0.15, 0.2) is 6.07 Å². The molecule has 4 N–H and O–H groups in total. The van der Waals surface area contributed by atoms with E-state index in [4.69, 9.17) is 17.0 Å². The first-order valence-electron chi connectivity index (χ1n) is 10.2. The van der Waals surface area contributed by atoms with E-state index in [0.717, 1.165) is 47.6 Å². The fourth-order valence-electron chi connectivity index (χ4n) is 3.74. The van der Waals surface area contributed by atoms with Crippen LogP contribution in [0.2, 0.25) is 0 Å². The minimum absolute atomic E-state index is 0.0136. The smallest absolute Gasteiger partial charge is 0.341 e. The van der Waals surface area contributed by atoms with Crippen LogP contribution in [0.1, 0.15) is 45.8 Å². The second-order valence-electron chi connectivity index (χ2n) is 7.92. The number of thiophene rings is 1. The minimum atomic E-state index is -0.418. The van der Waals surface area contributed by atoms with Gasteiger partial charge in [-0.15, -0.1) is 11.3 Å². The average Bonchev–Trinajstić information content (AvgIpc) is 3.45. The van der Waals surface area contributed by atoms with Crippen molar-refractivity contribution in [1.82, 2.24) is 20.5 Å². The molecule has 2 aromatic rings. The number of thiocarbonyl (C=S) groups is 1. The van der Waals surface area contributed by atoms with Crippen molar-refractivity contribution >= 4 is 51.4 Å². The first-order valence-corrected chi connectivity index (χ1v) is 11.4. The first-order chi connectivity index (χ1) is 14.9. The Morgan fingerprint density at radius 3 is 2.74 bits per heavy atom. The van der Waals surface area contributed by atoms with Crippen molar-refractivity contribution in [3.63, 3.8) is 0 Å². The molecule has 1 atom stereocenters. The van der Waals surface area contributed by atoms with Gasteiger partial charge in [0, 0.05) is 30.0 Å². The molecular weight excluding hydrogens is 436 g/mol. The standard InChI is InChI=1S/C20H26N6O3S2/c1-10-8-15(26(2)25-10)23-24-20(30)21-12-6-7-14-13(9-12)16(19(28)29-3)18(31-14)22-17(27)11-4-5-11/h8,11-12,23H,4-7,9H2,1-3H3,(H,22,27)(H2,21,24,30). The summed E-state index contributed by atoms with van der Waals surface area (Å²) in [5.74, 6) is 0.436. The number of anilines is 2. The van der Waals surface area contributed by atoms with Gasteiger partial charge in [-0.1, -0.05) is 0 Å². The van der Waals surface area contributed by atoms with E-state index in [1.807, 2.05) is 20.0 Å². The summed E-state index contributed by atoms with van der Waals surface area (Å²) in [6.45, 7) is 1.92. The van der Waals surface area contributed by atoms with Crippen LogP contribution in [-0.4, -0.2) is 39.9 Å². The molecule has 1 amide bonds. The summed E-state index contributed by atoms with van der Waals surface area (Å²) in [6, 6.07) is 1.97. The fraction of sp³-hybridized carbons (Fsp3) is 0.500. The zero-order valence-corrected chi connectivity index (χ0v) is 19.3. The van der Waals surface area contributed by atoms with Crippen LogP contribution in [-0.2, 0) is 29.4 Å². The quantitative estimate of drug-likeness (QED) is 0.294. The predicted octanol–water partition coefficient (Wildman–Crippen LogP) is 2.27.